The molecule has 134 valence electrons. The van der Waals surface area contributed by atoms with Gasteiger partial charge in [0.2, 0.25) is 11.8 Å². The first-order valence-corrected chi connectivity index (χ1v) is 9.54. The lowest BCUT2D eigenvalue weighted by Crippen LogP contribution is -2.50. The highest BCUT2D eigenvalue weighted by Gasteiger charge is 2.40. The Bertz CT molecular complexity index is 675. The molecule has 3 aliphatic heterocycles. The summed E-state index contributed by atoms with van der Waals surface area (Å²) in [6.45, 7) is 4.77. The molecule has 0 spiro atoms. The van der Waals surface area contributed by atoms with E-state index in [9.17, 15) is 9.59 Å². The van der Waals surface area contributed by atoms with Gasteiger partial charge in [-0.25, -0.2) is 0 Å². The van der Waals surface area contributed by atoms with E-state index in [1.807, 2.05) is 21.9 Å². The molecule has 5 nitrogen and oxygen atoms in total. The third-order valence-electron chi connectivity index (χ3n) is 6.09. The van der Waals surface area contributed by atoms with E-state index >= 15 is 0 Å². The second kappa shape index (κ2) is 6.79. The van der Waals surface area contributed by atoms with Crippen LogP contribution in [0.1, 0.15) is 38.2 Å². The van der Waals surface area contributed by atoms with Crippen molar-refractivity contribution in [3.05, 3.63) is 29.8 Å². The Morgan fingerprint density at radius 3 is 2.64 bits per heavy atom. The molecule has 0 radical (unpaired) electrons. The van der Waals surface area contributed by atoms with Crippen LogP contribution in [0.2, 0.25) is 0 Å². The van der Waals surface area contributed by atoms with Crippen molar-refractivity contribution in [3.63, 3.8) is 0 Å². The van der Waals surface area contributed by atoms with Crippen molar-refractivity contribution in [2.45, 2.75) is 51.1 Å². The molecule has 2 fully saturated rings. The number of carbonyl (C=O) groups excluding carboxylic acids is 2. The van der Waals surface area contributed by atoms with E-state index in [1.54, 1.807) is 6.92 Å². The summed E-state index contributed by atoms with van der Waals surface area (Å²) in [4.78, 5) is 31.2. The number of carbonyl (C=O) groups is 2. The van der Waals surface area contributed by atoms with Gasteiger partial charge in [-0.3, -0.25) is 14.5 Å². The minimum atomic E-state index is 0.175. The Morgan fingerprint density at radius 1 is 1.04 bits per heavy atom. The van der Waals surface area contributed by atoms with Crippen LogP contribution in [-0.4, -0.2) is 59.9 Å². The Balaban J connectivity index is 1.45. The maximum absolute atomic E-state index is 12.9. The van der Waals surface area contributed by atoms with E-state index < -0.39 is 0 Å². The van der Waals surface area contributed by atoms with E-state index in [-0.39, 0.29) is 11.8 Å². The van der Waals surface area contributed by atoms with E-state index in [0.717, 1.165) is 57.4 Å². The van der Waals surface area contributed by atoms with Crippen LogP contribution in [0.5, 0.6) is 0 Å². The molecule has 0 aromatic heterocycles. The van der Waals surface area contributed by atoms with Crippen LogP contribution in [0.15, 0.2) is 24.3 Å². The lowest BCUT2D eigenvalue weighted by molar-refractivity contribution is -0.130. The molecule has 0 bridgehead atoms. The first-order valence-electron chi connectivity index (χ1n) is 9.54. The van der Waals surface area contributed by atoms with Crippen molar-refractivity contribution in [2.75, 3.05) is 31.1 Å². The molecule has 5 heteroatoms. The van der Waals surface area contributed by atoms with Crippen molar-refractivity contribution in [1.29, 1.82) is 0 Å². The fraction of sp³-hybridized carbons (Fsp3) is 0.600. The van der Waals surface area contributed by atoms with Crippen LogP contribution < -0.4 is 4.90 Å². The molecule has 4 rings (SSSR count). The normalized spacial score (nSPS) is 26.3. The lowest BCUT2D eigenvalue weighted by atomic mass is 10.0. The van der Waals surface area contributed by atoms with Gasteiger partial charge in [0.05, 0.1) is 6.54 Å². The zero-order valence-electron chi connectivity index (χ0n) is 15.0. The second-order valence-corrected chi connectivity index (χ2v) is 7.53. The van der Waals surface area contributed by atoms with Crippen LogP contribution in [0.4, 0.5) is 5.69 Å². The zero-order chi connectivity index (χ0) is 17.4. The SMILES string of the molecule is CC(=O)N1CCC[C@@H]1[C@H]1CCCN1CC(=O)N1CCc2ccccc21. The minimum Gasteiger partial charge on any atom is -0.338 e. The van der Waals surface area contributed by atoms with Gasteiger partial charge in [-0.2, -0.15) is 0 Å². The molecule has 2 amide bonds. The number of nitrogens with zero attached hydrogens (tertiary/aromatic N) is 3. The number of amides is 2. The monoisotopic (exact) mass is 341 g/mol. The average molecular weight is 341 g/mol. The molecule has 0 N–H and O–H groups in total. The number of rotatable bonds is 3. The first kappa shape index (κ1) is 16.6. The third-order valence-corrected chi connectivity index (χ3v) is 6.09. The van der Waals surface area contributed by atoms with Gasteiger partial charge in [-0.15, -0.1) is 0 Å². The van der Waals surface area contributed by atoms with Crippen LogP contribution in [0.25, 0.3) is 0 Å². The summed E-state index contributed by atoms with van der Waals surface area (Å²) in [5.74, 6) is 0.373. The van der Waals surface area contributed by atoms with Gasteiger partial charge in [0.25, 0.3) is 0 Å². The van der Waals surface area contributed by atoms with Gasteiger partial charge in [-0.05, 0) is 50.3 Å². The maximum atomic E-state index is 12.9. The Labute approximate surface area is 149 Å². The summed E-state index contributed by atoms with van der Waals surface area (Å²) in [5, 5.41) is 0. The van der Waals surface area contributed by atoms with Crippen molar-refractivity contribution < 1.29 is 9.59 Å². The van der Waals surface area contributed by atoms with Gasteiger partial charge < -0.3 is 9.80 Å². The summed E-state index contributed by atoms with van der Waals surface area (Å²) in [7, 11) is 0. The second-order valence-electron chi connectivity index (χ2n) is 7.53. The molecule has 25 heavy (non-hydrogen) atoms. The molecule has 1 aromatic rings. The largest absolute Gasteiger partial charge is 0.338 e. The van der Waals surface area contributed by atoms with Crippen molar-refractivity contribution in [2.24, 2.45) is 0 Å². The molecule has 3 aliphatic rings. The number of para-hydroxylation sites is 1. The molecule has 2 saturated heterocycles. The summed E-state index contributed by atoms with van der Waals surface area (Å²) < 4.78 is 0. The van der Waals surface area contributed by atoms with Crippen LogP contribution in [0, 0.1) is 0 Å². The number of hydrogen-bond donors (Lipinski definition) is 0. The van der Waals surface area contributed by atoms with Gasteiger partial charge >= 0.3 is 0 Å². The molecular weight excluding hydrogens is 314 g/mol. The van der Waals surface area contributed by atoms with Gasteiger partial charge in [0, 0.05) is 37.8 Å². The molecule has 0 unspecified atom stereocenters. The number of likely N-dealkylation sites (tertiary alicyclic amines) is 2. The fourth-order valence-electron chi connectivity index (χ4n) is 4.92. The Hall–Kier alpha value is -1.88. The molecule has 0 aliphatic carbocycles. The number of anilines is 1. The van der Waals surface area contributed by atoms with Crippen LogP contribution >= 0.6 is 0 Å². The zero-order valence-corrected chi connectivity index (χ0v) is 15.0. The quantitative estimate of drug-likeness (QED) is 0.845. The van der Waals surface area contributed by atoms with Crippen molar-refractivity contribution >= 4 is 17.5 Å². The van der Waals surface area contributed by atoms with E-state index in [4.69, 9.17) is 0 Å². The number of hydrogen-bond acceptors (Lipinski definition) is 3. The molecule has 2 atom stereocenters. The van der Waals surface area contributed by atoms with E-state index in [1.165, 1.54) is 5.56 Å². The van der Waals surface area contributed by atoms with E-state index in [2.05, 4.69) is 17.0 Å². The fourth-order valence-corrected chi connectivity index (χ4v) is 4.92. The predicted molar refractivity (Wildman–Crippen MR) is 97.5 cm³/mol. The Kier molecular flexibility index (Phi) is 4.50. The highest BCUT2D eigenvalue weighted by Crippen LogP contribution is 2.31. The number of benzene rings is 1. The standard InChI is InChI=1S/C20H27N3O2/c1-15(24)22-12-5-9-19(22)18-8-4-11-21(18)14-20(25)23-13-10-16-6-2-3-7-17(16)23/h2-3,6-7,18-19H,4-5,8-14H2,1H3/t18-,19-/m1/s1. The summed E-state index contributed by atoms with van der Waals surface area (Å²) in [6, 6.07) is 8.85. The van der Waals surface area contributed by atoms with Gasteiger partial charge in [0.15, 0.2) is 0 Å². The molecule has 1 aromatic carbocycles. The number of fused-ring (bicyclic) bond motifs is 1. The smallest absolute Gasteiger partial charge is 0.241 e. The molecule has 3 heterocycles. The van der Waals surface area contributed by atoms with Crippen LogP contribution in [0.3, 0.4) is 0 Å². The molecular formula is C20H27N3O2. The molecule has 0 saturated carbocycles. The Morgan fingerprint density at radius 2 is 1.80 bits per heavy atom. The summed E-state index contributed by atoms with van der Waals surface area (Å²) in [6.07, 6.45) is 5.32. The van der Waals surface area contributed by atoms with Gasteiger partial charge in [0.1, 0.15) is 0 Å². The first-order chi connectivity index (χ1) is 12.1. The van der Waals surface area contributed by atoms with Crippen molar-refractivity contribution in [1.82, 2.24) is 9.80 Å². The highest BCUT2D eigenvalue weighted by molar-refractivity contribution is 5.96. The average Bonchev–Trinajstić information content (AvgIpc) is 3.33. The predicted octanol–water partition coefficient (Wildman–Crippen LogP) is 2.05. The minimum absolute atomic E-state index is 0.175. The van der Waals surface area contributed by atoms with Crippen molar-refractivity contribution in [3.8, 4) is 0 Å². The summed E-state index contributed by atoms with van der Waals surface area (Å²) >= 11 is 0. The van der Waals surface area contributed by atoms with Crippen LogP contribution in [-0.2, 0) is 16.0 Å². The van der Waals surface area contributed by atoms with Gasteiger partial charge in [-0.1, -0.05) is 18.2 Å². The maximum Gasteiger partial charge on any atom is 0.241 e. The summed E-state index contributed by atoms with van der Waals surface area (Å²) in [5.41, 5.74) is 2.35. The third kappa shape index (κ3) is 3.06. The lowest BCUT2D eigenvalue weighted by Gasteiger charge is -2.35. The highest BCUT2D eigenvalue weighted by atomic mass is 16.2. The van der Waals surface area contributed by atoms with E-state index in [0.29, 0.717) is 18.6 Å². The topological polar surface area (TPSA) is 43.9 Å².